The third kappa shape index (κ3) is 4.53. The van der Waals surface area contributed by atoms with Crippen LogP contribution in [0.15, 0.2) is 30.3 Å². The first-order valence-electron chi connectivity index (χ1n) is 7.86. The van der Waals surface area contributed by atoms with Crippen LogP contribution < -0.4 is 0 Å². The topological polar surface area (TPSA) is 0 Å². The Hall–Kier alpha value is -0.490. The molecule has 0 bridgehead atoms. The van der Waals surface area contributed by atoms with Crippen LogP contribution in [0.25, 0.3) is 0 Å². The van der Waals surface area contributed by atoms with Crippen molar-refractivity contribution >= 4 is 11.6 Å². The van der Waals surface area contributed by atoms with Gasteiger partial charge in [-0.3, -0.25) is 0 Å². The summed E-state index contributed by atoms with van der Waals surface area (Å²) in [6, 6.07) is 11.0. The Morgan fingerprint density at radius 3 is 2.58 bits per heavy atom. The van der Waals surface area contributed by atoms with Crippen LogP contribution in [0.4, 0.5) is 0 Å². The minimum absolute atomic E-state index is 0.409. The van der Waals surface area contributed by atoms with E-state index in [4.69, 9.17) is 11.6 Å². The van der Waals surface area contributed by atoms with E-state index in [2.05, 4.69) is 44.2 Å². The summed E-state index contributed by atoms with van der Waals surface area (Å²) >= 11 is 6.55. The van der Waals surface area contributed by atoms with Crippen LogP contribution >= 0.6 is 11.6 Å². The average Bonchev–Trinajstić information content (AvgIpc) is 2.41. The van der Waals surface area contributed by atoms with Crippen molar-refractivity contribution in [2.24, 2.45) is 11.8 Å². The third-order valence-corrected chi connectivity index (χ3v) is 5.09. The molecule has 0 heterocycles. The summed E-state index contributed by atoms with van der Waals surface area (Å²) in [7, 11) is 0. The molecule has 1 heteroatoms. The van der Waals surface area contributed by atoms with Crippen molar-refractivity contribution in [3.63, 3.8) is 0 Å². The van der Waals surface area contributed by atoms with Gasteiger partial charge < -0.3 is 0 Å². The van der Waals surface area contributed by atoms with E-state index in [1.54, 1.807) is 0 Å². The van der Waals surface area contributed by atoms with Crippen LogP contribution in [0, 0.1) is 11.8 Å². The predicted octanol–water partition coefficient (Wildman–Crippen LogP) is 6.00. The highest BCUT2D eigenvalue weighted by molar-refractivity contribution is 6.20. The molecule has 1 aliphatic rings. The Morgan fingerprint density at radius 2 is 1.89 bits per heavy atom. The van der Waals surface area contributed by atoms with Gasteiger partial charge in [0.25, 0.3) is 0 Å². The molecule has 0 aliphatic heterocycles. The lowest BCUT2D eigenvalue weighted by molar-refractivity contribution is 0.300. The van der Waals surface area contributed by atoms with Crippen LogP contribution in [-0.4, -0.2) is 5.38 Å². The fourth-order valence-electron chi connectivity index (χ4n) is 3.34. The molecule has 0 nitrogen and oxygen atoms in total. The van der Waals surface area contributed by atoms with Gasteiger partial charge in [0.1, 0.15) is 0 Å². The molecule has 0 radical (unpaired) electrons. The fourth-order valence-corrected chi connectivity index (χ4v) is 3.70. The van der Waals surface area contributed by atoms with Gasteiger partial charge >= 0.3 is 0 Å². The standard InChI is InChI=1S/C18H27Cl/c1-14(2)7-6-10-17-13-16(11-12-18(17)19)15-8-4-3-5-9-15/h3-5,8-9,14,16-18H,6-7,10-13H2,1-2H3. The molecule has 1 aromatic rings. The Labute approximate surface area is 123 Å². The molecule has 1 saturated carbocycles. The van der Waals surface area contributed by atoms with Crippen molar-refractivity contribution < 1.29 is 0 Å². The van der Waals surface area contributed by atoms with Gasteiger partial charge in [-0.2, -0.15) is 0 Å². The zero-order chi connectivity index (χ0) is 13.7. The summed E-state index contributed by atoms with van der Waals surface area (Å²) in [5.74, 6) is 2.28. The number of halogens is 1. The molecule has 0 amide bonds. The molecular weight excluding hydrogens is 252 g/mol. The van der Waals surface area contributed by atoms with Crippen LogP contribution in [0.2, 0.25) is 0 Å². The maximum atomic E-state index is 6.55. The maximum Gasteiger partial charge on any atom is 0.0364 e. The minimum atomic E-state index is 0.409. The molecule has 0 N–H and O–H groups in total. The number of benzene rings is 1. The predicted molar refractivity (Wildman–Crippen MR) is 84.9 cm³/mol. The molecule has 0 spiro atoms. The van der Waals surface area contributed by atoms with E-state index in [0.717, 1.165) is 17.8 Å². The van der Waals surface area contributed by atoms with Crippen LogP contribution in [0.3, 0.4) is 0 Å². The van der Waals surface area contributed by atoms with Gasteiger partial charge in [0.15, 0.2) is 0 Å². The number of alkyl halides is 1. The quantitative estimate of drug-likeness (QED) is 0.579. The van der Waals surface area contributed by atoms with Crippen LogP contribution in [0.5, 0.6) is 0 Å². The monoisotopic (exact) mass is 278 g/mol. The van der Waals surface area contributed by atoms with Crippen molar-refractivity contribution in [2.75, 3.05) is 0 Å². The Morgan fingerprint density at radius 1 is 1.16 bits per heavy atom. The molecule has 3 unspecified atom stereocenters. The Bertz CT molecular complexity index is 357. The van der Waals surface area contributed by atoms with Crippen molar-refractivity contribution in [3.8, 4) is 0 Å². The average molecular weight is 279 g/mol. The van der Waals surface area contributed by atoms with E-state index < -0.39 is 0 Å². The number of rotatable bonds is 5. The first-order chi connectivity index (χ1) is 9.16. The molecule has 1 fully saturated rings. The normalized spacial score (nSPS) is 27.7. The molecule has 1 aliphatic carbocycles. The zero-order valence-electron chi connectivity index (χ0n) is 12.3. The van der Waals surface area contributed by atoms with E-state index >= 15 is 0 Å². The highest BCUT2D eigenvalue weighted by Gasteiger charge is 2.29. The number of hydrogen-bond donors (Lipinski definition) is 0. The highest BCUT2D eigenvalue weighted by Crippen LogP contribution is 2.40. The summed E-state index contributed by atoms with van der Waals surface area (Å²) in [6.07, 6.45) is 7.74. The van der Waals surface area contributed by atoms with Gasteiger partial charge in [-0.1, -0.05) is 57.0 Å². The molecule has 0 saturated heterocycles. The smallest absolute Gasteiger partial charge is 0.0364 e. The van der Waals surface area contributed by atoms with Gasteiger partial charge in [0, 0.05) is 5.38 Å². The van der Waals surface area contributed by atoms with E-state index in [0.29, 0.717) is 5.38 Å². The van der Waals surface area contributed by atoms with Crippen molar-refractivity contribution in [2.45, 2.75) is 63.7 Å². The first-order valence-corrected chi connectivity index (χ1v) is 8.29. The zero-order valence-corrected chi connectivity index (χ0v) is 13.1. The maximum absolute atomic E-state index is 6.55. The third-order valence-electron chi connectivity index (χ3n) is 4.52. The largest absolute Gasteiger partial charge is 0.123 e. The lowest BCUT2D eigenvalue weighted by Gasteiger charge is -2.33. The lowest BCUT2D eigenvalue weighted by Crippen LogP contribution is -2.24. The van der Waals surface area contributed by atoms with Gasteiger partial charge in [0.2, 0.25) is 0 Å². The van der Waals surface area contributed by atoms with E-state index in [1.807, 2.05) is 0 Å². The van der Waals surface area contributed by atoms with Crippen molar-refractivity contribution in [1.82, 2.24) is 0 Å². The second-order valence-electron chi connectivity index (χ2n) is 6.52. The molecule has 19 heavy (non-hydrogen) atoms. The van der Waals surface area contributed by atoms with E-state index in [-0.39, 0.29) is 0 Å². The second-order valence-corrected chi connectivity index (χ2v) is 7.08. The molecule has 106 valence electrons. The number of hydrogen-bond acceptors (Lipinski definition) is 0. The molecule has 0 aromatic heterocycles. The van der Waals surface area contributed by atoms with Crippen LogP contribution in [0.1, 0.15) is 63.9 Å². The van der Waals surface area contributed by atoms with E-state index in [1.165, 1.54) is 44.1 Å². The van der Waals surface area contributed by atoms with Gasteiger partial charge in [0.05, 0.1) is 0 Å². The van der Waals surface area contributed by atoms with E-state index in [9.17, 15) is 0 Å². The molecule has 2 rings (SSSR count). The molecule has 3 atom stereocenters. The Kier molecular flexibility index (Phi) is 5.76. The highest BCUT2D eigenvalue weighted by atomic mass is 35.5. The SMILES string of the molecule is CC(C)CCCC1CC(c2ccccc2)CCC1Cl. The summed E-state index contributed by atoms with van der Waals surface area (Å²) in [6.45, 7) is 4.62. The molecule has 1 aromatic carbocycles. The summed E-state index contributed by atoms with van der Waals surface area (Å²) in [5, 5.41) is 0.409. The van der Waals surface area contributed by atoms with Crippen LogP contribution in [-0.2, 0) is 0 Å². The van der Waals surface area contributed by atoms with Gasteiger partial charge in [-0.15, -0.1) is 11.6 Å². The first kappa shape index (κ1) is 14.9. The van der Waals surface area contributed by atoms with Gasteiger partial charge in [-0.05, 0) is 49.0 Å². The summed E-state index contributed by atoms with van der Waals surface area (Å²) < 4.78 is 0. The summed E-state index contributed by atoms with van der Waals surface area (Å²) in [4.78, 5) is 0. The minimum Gasteiger partial charge on any atom is -0.123 e. The molecular formula is C18H27Cl. The Balaban J connectivity index is 1.89. The van der Waals surface area contributed by atoms with Crippen molar-refractivity contribution in [1.29, 1.82) is 0 Å². The van der Waals surface area contributed by atoms with Gasteiger partial charge in [-0.25, -0.2) is 0 Å². The second kappa shape index (κ2) is 7.33. The fraction of sp³-hybridized carbons (Fsp3) is 0.667. The lowest BCUT2D eigenvalue weighted by atomic mass is 9.76. The van der Waals surface area contributed by atoms with Crippen molar-refractivity contribution in [3.05, 3.63) is 35.9 Å². The summed E-state index contributed by atoms with van der Waals surface area (Å²) in [5.41, 5.74) is 1.51.